The van der Waals surface area contributed by atoms with Gasteiger partial charge in [-0.1, -0.05) is 11.6 Å². The minimum Gasteiger partial charge on any atom is -0.321 e. The maximum Gasteiger partial charge on any atom is 0.276 e. The van der Waals surface area contributed by atoms with Crippen LogP contribution in [-0.4, -0.2) is 41.2 Å². The van der Waals surface area contributed by atoms with Crippen LogP contribution in [0.5, 0.6) is 0 Å². The topological polar surface area (TPSA) is 112 Å². The number of nitrogens with zero attached hydrogens (tertiary/aromatic N) is 6. The Labute approximate surface area is 160 Å². The van der Waals surface area contributed by atoms with E-state index in [-0.39, 0.29) is 18.1 Å². The number of hydrogen-bond acceptors (Lipinski definition) is 5. The smallest absolute Gasteiger partial charge is 0.276 e. The number of rotatable bonds is 5. The zero-order chi connectivity index (χ0) is 19.7. The van der Waals surface area contributed by atoms with E-state index in [1.54, 1.807) is 31.9 Å². The van der Waals surface area contributed by atoms with Crippen LogP contribution in [-0.2, 0) is 25.4 Å². The second kappa shape index (κ2) is 7.23. The number of carbonyl (C=O) groups is 2. The lowest BCUT2D eigenvalue weighted by atomic mass is 10.3. The van der Waals surface area contributed by atoms with E-state index >= 15 is 0 Å². The predicted octanol–water partition coefficient (Wildman–Crippen LogP) is 1.51. The molecule has 0 unspecified atom stereocenters. The van der Waals surface area contributed by atoms with Crippen LogP contribution >= 0.6 is 11.6 Å². The molecule has 0 saturated carbocycles. The maximum absolute atomic E-state index is 12.7. The molecule has 3 aromatic heterocycles. The monoisotopic (exact) mass is 390 g/mol. The Balaban J connectivity index is 1.76. The normalized spacial score (nSPS) is 10.9. The molecule has 0 fully saturated rings. The van der Waals surface area contributed by atoms with E-state index in [0.717, 1.165) is 5.69 Å². The average molecular weight is 391 g/mol. The summed E-state index contributed by atoms with van der Waals surface area (Å²) in [7, 11) is 3.41. The molecule has 2 amide bonds. The number of hydrogen-bond donors (Lipinski definition) is 2. The average Bonchev–Trinajstić information content (AvgIpc) is 3.24. The van der Waals surface area contributed by atoms with Crippen molar-refractivity contribution in [1.29, 1.82) is 0 Å². The van der Waals surface area contributed by atoms with Crippen LogP contribution in [0, 0.1) is 13.8 Å². The van der Waals surface area contributed by atoms with Crippen molar-refractivity contribution in [2.75, 3.05) is 10.6 Å². The molecule has 0 atom stereocenters. The zero-order valence-electron chi connectivity index (χ0n) is 15.3. The van der Waals surface area contributed by atoms with Gasteiger partial charge in [-0.2, -0.15) is 15.3 Å². The van der Waals surface area contributed by atoms with Gasteiger partial charge in [-0.3, -0.25) is 23.6 Å². The van der Waals surface area contributed by atoms with Crippen molar-refractivity contribution >= 4 is 34.8 Å². The van der Waals surface area contributed by atoms with Gasteiger partial charge in [0.25, 0.3) is 5.91 Å². The number of nitrogens with one attached hydrogen (secondary N) is 2. The van der Waals surface area contributed by atoms with E-state index in [1.165, 1.54) is 21.8 Å². The first kappa shape index (κ1) is 18.6. The van der Waals surface area contributed by atoms with Crippen LogP contribution in [0.4, 0.5) is 11.4 Å². The molecule has 3 heterocycles. The molecule has 3 aromatic rings. The van der Waals surface area contributed by atoms with Gasteiger partial charge in [0.15, 0.2) is 0 Å². The summed E-state index contributed by atoms with van der Waals surface area (Å²) in [5.41, 5.74) is 2.60. The molecule has 0 aliphatic heterocycles. The van der Waals surface area contributed by atoms with E-state index in [9.17, 15) is 9.59 Å². The lowest BCUT2D eigenvalue weighted by Crippen LogP contribution is -2.23. The standard InChI is InChI=1S/C16H19ClN8O2/c1-9-11(17)5-20-25(9)8-14(26)21-13-7-19-24(4)15(13)16(27)22-12-6-18-23(3)10(12)2/h5-7H,8H2,1-4H3,(H,21,26)(H,22,27). The number of halogens is 1. The van der Waals surface area contributed by atoms with Crippen molar-refractivity contribution in [1.82, 2.24) is 29.3 Å². The van der Waals surface area contributed by atoms with Crippen LogP contribution in [0.2, 0.25) is 5.02 Å². The Morgan fingerprint density at radius 3 is 2.22 bits per heavy atom. The first-order chi connectivity index (χ1) is 12.8. The highest BCUT2D eigenvalue weighted by atomic mass is 35.5. The van der Waals surface area contributed by atoms with E-state index < -0.39 is 5.91 Å². The van der Waals surface area contributed by atoms with E-state index in [0.29, 0.717) is 22.1 Å². The molecular weight excluding hydrogens is 372 g/mol. The molecule has 11 heteroatoms. The predicted molar refractivity (Wildman–Crippen MR) is 99.7 cm³/mol. The fourth-order valence-corrected chi connectivity index (χ4v) is 2.65. The SMILES string of the molecule is Cc1c(NC(=O)c2c(NC(=O)Cn3ncc(Cl)c3C)cnn2C)cnn1C. The molecule has 142 valence electrons. The number of aromatic nitrogens is 6. The number of amides is 2. The second-order valence-electron chi connectivity index (χ2n) is 6.04. The van der Waals surface area contributed by atoms with Crippen LogP contribution in [0.3, 0.4) is 0 Å². The zero-order valence-corrected chi connectivity index (χ0v) is 16.1. The second-order valence-corrected chi connectivity index (χ2v) is 6.44. The van der Waals surface area contributed by atoms with Gasteiger partial charge in [0.1, 0.15) is 12.2 Å². The molecule has 2 N–H and O–H groups in total. The van der Waals surface area contributed by atoms with Crippen molar-refractivity contribution in [2.24, 2.45) is 14.1 Å². The highest BCUT2D eigenvalue weighted by Crippen LogP contribution is 2.19. The molecule has 0 saturated heterocycles. The summed E-state index contributed by atoms with van der Waals surface area (Å²) < 4.78 is 4.53. The van der Waals surface area contributed by atoms with Gasteiger partial charge in [0.05, 0.1) is 46.4 Å². The van der Waals surface area contributed by atoms with Crippen LogP contribution < -0.4 is 10.6 Å². The fraction of sp³-hybridized carbons (Fsp3) is 0.312. The van der Waals surface area contributed by atoms with E-state index in [2.05, 4.69) is 25.9 Å². The molecule has 0 aromatic carbocycles. The third-order valence-electron chi connectivity index (χ3n) is 4.25. The Hall–Kier alpha value is -3.14. The van der Waals surface area contributed by atoms with E-state index in [1.807, 2.05) is 6.92 Å². The van der Waals surface area contributed by atoms with Crippen molar-refractivity contribution in [3.8, 4) is 0 Å². The van der Waals surface area contributed by atoms with Crippen LogP contribution in [0.15, 0.2) is 18.6 Å². The lowest BCUT2D eigenvalue weighted by Gasteiger charge is -2.09. The summed E-state index contributed by atoms with van der Waals surface area (Å²) >= 11 is 5.95. The van der Waals surface area contributed by atoms with Crippen molar-refractivity contribution in [3.63, 3.8) is 0 Å². The lowest BCUT2D eigenvalue weighted by molar-refractivity contribution is -0.116. The summed E-state index contributed by atoms with van der Waals surface area (Å²) in [6.07, 6.45) is 4.46. The third-order valence-corrected chi connectivity index (χ3v) is 4.62. The molecular formula is C16H19ClN8O2. The molecule has 27 heavy (non-hydrogen) atoms. The molecule has 0 aliphatic carbocycles. The van der Waals surface area contributed by atoms with Crippen molar-refractivity contribution in [3.05, 3.63) is 40.7 Å². The minimum atomic E-state index is -0.403. The van der Waals surface area contributed by atoms with Crippen LogP contribution in [0.25, 0.3) is 0 Å². The summed E-state index contributed by atoms with van der Waals surface area (Å²) in [5, 5.41) is 18.2. The Bertz CT molecular complexity index is 1020. The molecule has 0 bridgehead atoms. The van der Waals surface area contributed by atoms with Gasteiger partial charge in [-0.25, -0.2) is 0 Å². The van der Waals surface area contributed by atoms with Crippen LogP contribution in [0.1, 0.15) is 21.9 Å². The summed E-state index contributed by atoms with van der Waals surface area (Å²) in [4.78, 5) is 25.0. The first-order valence-corrected chi connectivity index (χ1v) is 8.45. The highest BCUT2D eigenvalue weighted by molar-refractivity contribution is 6.31. The van der Waals surface area contributed by atoms with Gasteiger partial charge >= 0.3 is 0 Å². The van der Waals surface area contributed by atoms with Gasteiger partial charge in [-0.05, 0) is 13.8 Å². The minimum absolute atomic E-state index is 0.0315. The molecule has 0 spiro atoms. The quantitative estimate of drug-likeness (QED) is 0.685. The molecule has 0 aliphatic rings. The third kappa shape index (κ3) is 3.70. The summed E-state index contributed by atoms with van der Waals surface area (Å²) in [5.74, 6) is -0.753. The molecule has 0 radical (unpaired) electrons. The van der Waals surface area contributed by atoms with Gasteiger partial charge < -0.3 is 10.6 Å². The molecule has 3 rings (SSSR count). The largest absolute Gasteiger partial charge is 0.321 e. The first-order valence-electron chi connectivity index (χ1n) is 8.07. The Kier molecular flexibility index (Phi) is 5.00. The Morgan fingerprint density at radius 2 is 1.63 bits per heavy atom. The summed E-state index contributed by atoms with van der Waals surface area (Å²) in [6, 6.07) is 0. The highest BCUT2D eigenvalue weighted by Gasteiger charge is 2.20. The number of aryl methyl sites for hydroxylation is 2. The fourth-order valence-electron chi connectivity index (χ4n) is 2.51. The molecule has 10 nitrogen and oxygen atoms in total. The maximum atomic E-state index is 12.7. The van der Waals surface area contributed by atoms with E-state index in [4.69, 9.17) is 11.6 Å². The van der Waals surface area contributed by atoms with Gasteiger partial charge in [0, 0.05) is 14.1 Å². The van der Waals surface area contributed by atoms with Gasteiger partial charge in [-0.15, -0.1) is 0 Å². The summed E-state index contributed by atoms with van der Waals surface area (Å²) in [6.45, 7) is 3.57. The van der Waals surface area contributed by atoms with Gasteiger partial charge in [0.2, 0.25) is 5.91 Å². The Morgan fingerprint density at radius 1 is 0.963 bits per heavy atom. The number of carbonyl (C=O) groups excluding carboxylic acids is 2. The van der Waals surface area contributed by atoms with Crippen molar-refractivity contribution in [2.45, 2.75) is 20.4 Å². The number of anilines is 2. The van der Waals surface area contributed by atoms with Crippen molar-refractivity contribution < 1.29 is 9.59 Å².